The maximum atomic E-state index is 9.22. The van der Waals surface area contributed by atoms with E-state index in [4.69, 9.17) is 0 Å². The number of halogens is 2. The molecule has 0 bridgehead atoms. The number of nitrogens with zero attached hydrogens (tertiary/aromatic N) is 1. The first-order valence-electron chi connectivity index (χ1n) is 2.99. The number of hydrogen-bond donors (Lipinski definition) is 1. The van der Waals surface area contributed by atoms with E-state index in [2.05, 4.69) is 20.9 Å². The molecule has 0 aliphatic carbocycles. The highest BCUT2D eigenvalue weighted by Gasteiger charge is 2.03. The van der Waals surface area contributed by atoms with Crippen molar-refractivity contribution in [2.45, 2.75) is 6.10 Å². The molecule has 0 amide bonds. The van der Waals surface area contributed by atoms with Crippen LogP contribution >= 0.6 is 32.9 Å². The van der Waals surface area contributed by atoms with Gasteiger partial charge >= 0.3 is 0 Å². The Balaban J connectivity index is 0.000001000. The number of aliphatic hydroxyl groups is 1. The third-order valence-corrected chi connectivity index (χ3v) is 1.79. The standard InChI is InChI=1S/C7H8BrNO.BrH/c8-5-7(10)6-3-1-2-4-9-6;/h1-4,7,10H,5H2;1H. The topological polar surface area (TPSA) is 33.1 Å². The molecule has 0 radical (unpaired) electrons. The SMILES string of the molecule is Br.OC(CBr)c1ccccn1. The number of pyridine rings is 1. The van der Waals surface area contributed by atoms with E-state index in [1.165, 1.54) is 0 Å². The van der Waals surface area contributed by atoms with Crippen molar-refractivity contribution in [3.8, 4) is 0 Å². The summed E-state index contributed by atoms with van der Waals surface area (Å²) in [5, 5.41) is 9.75. The molecule has 11 heavy (non-hydrogen) atoms. The molecular formula is C7H9Br2NO. The average Bonchev–Trinajstić information content (AvgIpc) is 2.05. The highest BCUT2D eigenvalue weighted by molar-refractivity contribution is 9.09. The van der Waals surface area contributed by atoms with Gasteiger partial charge in [-0.3, -0.25) is 4.98 Å². The van der Waals surface area contributed by atoms with Crippen LogP contribution in [0, 0.1) is 0 Å². The van der Waals surface area contributed by atoms with Gasteiger partial charge in [0.05, 0.1) is 5.69 Å². The van der Waals surface area contributed by atoms with Crippen LogP contribution in [0.4, 0.5) is 0 Å². The zero-order chi connectivity index (χ0) is 7.40. The number of hydrogen-bond acceptors (Lipinski definition) is 2. The van der Waals surface area contributed by atoms with Crippen molar-refractivity contribution in [1.82, 2.24) is 4.98 Å². The van der Waals surface area contributed by atoms with E-state index >= 15 is 0 Å². The highest BCUT2D eigenvalue weighted by Crippen LogP contribution is 2.10. The monoisotopic (exact) mass is 281 g/mol. The maximum absolute atomic E-state index is 9.22. The third kappa shape index (κ3) is 3.31. The molecule has 0 aliphatic rings. The van der Waals surface area contributed by atoms with E-state index in [0.29, 0.717) is 11.0 Å². The van der Waals surface area contributed by atoms with Gasteiger partial charge in [0, 0.05) is 11.5 Å². The van der Waals surface area contributed by atoms with Crippen LogP contribution in [-0.4, -0.2) is 15.4 Å². The van der Waals surface area contributed by atoms with E-state index in [0.717, 1.165) is 0 Å². The molecule has 1 N–H and O–H groups in total. The summed E-state index contributed by atoms with van der Waals surface area (Å²) in [6.45, 7) is 0. The molecule has 62 valence electrons. The van der Waals surface area contributed by atoms with Crippen LogP contribution < -0.4 is 0 Å². The Morgan fingerprint density at radius 3 is 2.73 bits per heavy atom. The Bertz CT molecular complexity index is 193. The van der Waals surface area contributed by atoms with Gasteiger partial charge in [0.1, 0.15) is 6.10 Å². The van der Waals surface area contributed by atoms with Crippen LogP contribution in [0.3, 0.4) is 0 Å². The Labute approximate surface area is 84.6 Å². The summed E-state index contributed by atoms with van der Waals surface area (Å²) in [6, 6.07) is 5.48. The molecule has 1 aromatic rings. The molecule has 0 saturated heterocycles. The molecule has 1 unspecified atom stereocenters. The van der Waals surface area contributed by atoms with Crippen molar-refractivity contribution in [1.29, 1.82) is 0 Å². The van der Waals surface area contributed by atoms with Gasteiger partial charge in [0.15, 0.2) is 0 Å². The first kappa shape index (κ1) is 11.1. The van der Waals surface area contributed by atoms with Crippen molar-refractivity contribution in [3.63, 3.8) is 0 Å². The van der Waals surface area contributed by atoms with Crippen LogP contribution in [0.15, 0.2) is 24.4 Å². The fourth-order valence-corrected chi connectivity index (χ4v) is 0.984. The molecule has 4 heteroatoms. The van der Waals surface area contributed by atoms with Gasteiger partial charge in [-0.15, -0.1) is 17.0 Å². The van der Waals surface area contributed by atoms with Crippen LogP contribution in [0.2, 0.25) is 0 Å². The first-order chi connectivity index (χ1) is 4.84. The third-order valence-electron chi connectivity index (χ3n) is 1.18. The van der Waals surface area contributed by atoms with E-state index in [1.54, 1.807) is 12.3 Å². The second kappa shape index (κ2) is 5.69. The fourth-order valence-electron chi connectivity index (χ4n) is 0.652. The van der Waals surface area contributed by atoms with Gasteiger partial charge in [0.25, 0.3) is 0 Å². The summed E-state index contributed by atoms with van der Waals surface area (Å²) < 4.78 is 0. The lowest BCUT2D eigenvalue weighted by molar-refractivity contribution is 0.200. The number of aromatic nitrogens is 1. The second-order valence-electron chi connectivity index (χ2n) is 1.92. The molecular weight excluding hydrogens is 274 g/mol. The molecule has 1 heterocycles. The van der Waals surface area contributed by atoms with Crippen molar-refractivity contribution in [2.24, 2.45) is 0 Å². The first-order valence-corrected chi connectivity index (χ1v) is 4.11. The van der Waals surface area contributed by atoms with Gasteiger partial charge in [-0.1, -0.05) is 22.0 Å². The highest BCUT2D eigenvalue weighted by atomic mass is 79.9. The van der Waals surface area contributed by atoms with Gasteiger partial charge in [-0.25, -0.2) is 0 Å². The number of aliphatic hydroxyl groups excluding tert-OH is 1. The Morgan fingerprint density at radius 2 is 2.27 bits per heavy atom. The molecule has 0 aliphatic heterocycles. The van der Waals surface area contributed by atoms with Crippen molar-refractivity contribution in [3.05, 3.63) is 30.1 Å². The van der Waals surface area contributed by atoms with E-state index in [-0.39, 0.29) is 17.0 Å². The zero-order valence-corrected chi connectivity index (χ0v) is 9.07. The Kier molecular flexibility index (Phi) is 5.72. The van der Waals surface area contributed by atoms with Crippen LogP contribution in [0.25, 0.3) is 0 Å². The molecule has 0 spiro atoms. The van der Waals surface area contributed by atoms with Crippen molar-refractivity contribution < 1.29 is 5.11 Å². The molecule has 2 nitrogen and oxygen atoms in total. The predicted molar refractivity (Wildman–Crippen MR) is 53.3 cm³/mol. The summed E-state index contributed by atoms with van der Waals surface area (Å²) in [5.74, 6) is 0. The molecule has 1 aromatic heterocycles. The lowest BCUT2D eigenvalue weighted by Gasteiger charge is -2.03. The van der Waals surface area contributed by atoms with E-state index < -0.39 is 6.10 Å². The summed E-state index contributed by atoms with van der Waals surface area (Å²) in [6.07, 6.45) is 1.18. The molecule has 1 rings (SSSR count). The minimum absolute atomic E-state index is 0. The Hall–Kier alpha value is 0.0700. The van der Waals surface area contributed by atoms with Crippen molar-refractivity contribution in [2.75, 3.05) is 5.33 Å². The largest absolute Gasteiger partial charge is 0.386 e. The van der Waals surface area contributed by atoms with Gasteiger partial charge < -0.3 is 5.11 Å². The smallest absolute Gasteiger partial charge is 0.106 e. The van der Waals surface area contributed by atoms with E-state index in [1.807, 2.05) is 12.1 Å². The minimum Gasteiger partial charge on any atom is -0.386 e. The molecule has 0 aromatic carbocycles. The minimum atomic E-state index is -0.485. The quantitative estimate of drug-likeness (QED) is 0.843. The van der Waals surface area contributed by atoms with Gasteiger partial charge in [0.2, 0.25) is 0 Å². The molecule has 1 atom stereocenters. The van der Waals surface area contributed by atoms with E-state index in [9.17, 15) is 5.11 Å². The van der Waals surface area contributed by atoms with Crippen molar-refractivity contribution >= 4 is 32.9 Å². The molecule has 0 saturated carbocycles. The van der Waals surface area contributed by atoms with Crippen LogP contribution in [0.5, 0.6) is 0 Å². The Morgan fingerprint density at radius 1 is 1.55 bits per heavy atom. The van der Waals surface area contributed by atoms with Gasteiger partial charge in [-0.05, 0) is 12.1 Å². The lowest BCUT2D eigenvalue weighted by Crippen LogP contribution is -1.99. The number of alkyl halides is 1. The van der Waals surface area contributed by atoms with Gasteiger partial charge in [-0.2, -0.15) is 0 Å². The predicted octanol–water partition coefficient (Wildman–Crippen LogP) is 2.09. The summed E-state index contributed by atoms with van der Waals surface area (Å²) in [7, 11) is 0. The normalized spacial score (nSPS) is 11.8. The average molecular weight is 283 g/mol. The van der Waals surface area contributed by atoms with Crippen LogP contribution in [0.1, 0.15) is 11.8 Å². The molecule has 0 fully saturated rings. The number of rotatable bonds is 2. The maximum Gasteiger partial charge on any atom is 0.106 e. The van der Waals surface area contributed by atoms with Crippen LogP contribution in [-0.2, 0) is 0 Å². The summed E-state index contributed by atoms with van der Waals surface area (Å²) >= 11 is 3.16. The summed E-state index contributed by atoms with van der Waals surface area (Å²) in [5.41, 5.74) is 0.708. The fraction of sp³-hybridized carbons (Fsp3) is 0.286. The summed E-state index contributed by atoms with van der Waals surface area (Å²) in [4.78, 5) is 3.97. The zero-order valence-electron chi connectivity index (χ0n) is 5.77. The second-order valence-corrected chi connectivity index (χ2v) is 2.57. The lowest BCUT2D eigenvalue weighted by atomic mass is 10.2.